The van der Waals surface area contributed by atoms with Gasteiger partial charge in [-0.25, -0.2) is 0 Å². The van der Waals surface area contributed by atoms with E-state index in [0.29, 0.717) is 17.2 Å². The number of fused-ring (bicyclic) bond motifs is 1. The van der Waals surface area contributed by atoms with Crippen molar-refractivity contribution >= 4 is 50.8 Å². The normalized spacial score (nSPS) is 12.0. The van der Waals surface area contributed by atoms with Crippen molar-refractivity contribution in [1.82, 2.24) is 4.57 Å². The molecule has 0 saturated heterocycles. The maximum Gasteiger partial charge on any atom is 0.325 e. The molecule has 3 rings (SSSR count). The summed E-state index contributed by atoms with van der Waals surface area (Å²) < 4.78 is 13.0. The molecule has 2 heterocycles. The van der Waals surface area contributed by atoms with Crippen LogP contribution in [0.5, 0.6) is 5.75 Å². The first-order chi connectivity index (χ1) is 13.1. The minimum absolute atomic E-state index is 0.0542. The number of aromatic nitrogens is 1. The number of thiazole rings is 1. The van der Waals surface area contributed by atoms with Gasteiger partial charge in [0, 0.05) is 11.0 Å². The van der Waals surface area contributed by atoms with Crippen LogP contribution in [0.4, 0.5) is 0 Å². The highest BCUT2D eigenvalue weighted by atomic mass is 32.1. The highest BCUT2D eigenvalue weighted by Crippen LogP contribution is 2.27. The van der Waals surface area contributed by atoms with Crippen molar-refractivity contribution in [2.45, 2.75) is 13.5 Å². The molecule has 1 aromatic carbocycles. The predicted octanol–water partition coefficient (Wildman–Crippen LogP) is 3.48. The maximum atomic E-state index is 12.3. The monoisotopic (exact) mass is 402 g/mol. The molecule has 140 valence electrons. The van der Waals surface area contributed by atoms with Crippen molar-refractivity contribution in [3.63, 3.8) is 0 Å². The van der Waals surface area contributed by atoms with E-state index in [1.807, 2.05) is 42.6 Å². The van der Waals surface area contributed by atoms with Gasteiger partial charge in [-0.2, -0.15) is 4.99 Å². The van der Waals surface area contributed by atoms with Gasteiger partial charge in [0.1, 0.15) is 17.8 Å². The van der Waals surface area contributed by atoms with E-state index in [1.54, 1.807) is 10.6 Å². The molecule has 8 heteroatoms. The first-order valence-electron chi connectivity index (χ1n) is 8.24. The summed E-state index contributed by atoms with van der Waals surface area (Å²) in [6.07, 6.45) is 3.14. The lowest BCUT2D eigenvalue weighted by Crippen LogP contribution is -2.22. The molecule has 0 N–H and O–H groups in total. The van der Waals surface area contributed by atoms with E-state index in [9.17, 15) is 9.59 Å². The summed E-state index contributed by atoms with van der Waals surface area (Å²) in [6, 6.07) is 9.43. The van der Waals surface area contributed by atoms with Crippen LogP contribution in [0.1, 0.15) is 11.8 Å². The fraction of sp³-hybridized carbons (Fsp3) is 0.211. The van der Waals surface area contributed by atoms with Crippen LogP contribution in [0.15, 0.2) is 46.8 Å². The second-order valence-electron chi connectivity index (χ2n) is 5.38. The molecule has 0 bridgehead atoms. The van der Waals surface area contributed by atoms with Gasteiger partial charge in [-0.1, -0.05) is 23.5 Å². The van der Waals surface area contributed by atoms with Crippen LogP contribution in [0.3, 0.4) is 0 Å². The zero-order chi connectivity index (χ0) is 19.2. The minimum Gasteiger partial charge on any atom is -0.492 e. The molecule has 6 nitrogen and oxygen atoms in total. The molecule has 27 heavy (non-hydrogen) atoms. The first-order valence-corrected chi connectivity index (χ1v) is 9.94. The molecule has 0 fully saturated rings. The Balaban J connectivity index is 2.07. The van der Waals surface area contributed by atoms with Crippen molar-refractivity contribution in [1.29, 1.82) is 0 Å². The number of esters is 1. The van der Waals surface area contributed by atoms with Crippen LogP contribution < -0.4 is 9.54 Å². The number of rotatable bonds is 6. The second-order valence-corrected chi connectivity index (χ2v) is 7.37. The van der Waals surface area contributed by atoms with E-state index in [-0.39, 0.29) is 6.54 Å². The highest BCUT2D eigenvalue weighted by molar-refractivity contribution is 7.16. The molecule has 0 radical (unpaired) electrons. The molecule has 2 aromatic heterocycles. The van der Waals surface area contributed by atoms with Gasteiger partial charge in [-0.3, -0.25) is 9.59 Å². The number of carbonyl (C=O) groups excluding carboxylic acids is 2. The van der Waals surface area contributed by atoms with Crippen LogP contribution in [0.2, 0.25) is 0 Å². The Morgan fingerprint density at radius 2 is 2.11 bits per heavy atom. The molecule has 0 saturated carbocycles. The van der Waals surface area contributed by atoms with Crippen LogP contribution >= 0.6 is 22.7 Å². The molecular weight excluding hydrogens is 384 g/mol. The molecule has 0 atom stereocenters. The molecule has 3 aromatic rings. The smallest absolute Gasteiger partial charge is 0.325 e. The molecule has 0 aliphatic rings. The topological polar surface area (TPSA) is 69.9 Å². The number of methoxy groups -OCH3 is 1. The number of hydrogen-bond donors (Lipinski definition) is 0. The van der Waals surface area contributed by atoms with Crippen molar-refractivity contribution in [3.8, 4) is 5.75 Å². The van der Waals surface area contributed by atoms with E-state index in [4.69, 9.17) is 9.47 Å². The Labute approximate surface area is 164 Å². The van der Waals surface area contributed by atoms with Gasteiger partial charge in [-0.05, 0) is 36.6 Å². The van der Waals surface area contributed by atoms with Crippen LogP contribution in [-0.4, -0.2) is 30.2 Å². The van der Waals surface area contributed by atoms with Gasteiger partial charge >= 0.3 is 5.97 Å². The molecule has 0 aliphatic carbocycles. The lowest BCUT2D eigenvalue weighted by Gasteiger charge is -2.08. The van der Waals surface area contributed by atoms with Gasteiger partial charge in [-0.15, -0.1) is 11.3 Å². The summed E-state index contributed by atoms with van der Waals surface area (Å²) in [5, 5.41) is 1.94. The number of nitrogens with zero attached hydrogens (tertiary/aromatic N) is 2. The zero-order valence-corrected chi connectivity index (χ0v) is 16.5. The van der Waals surface area contributed by atoms with E-state index < -0.39 is 11.9 Å². The number of benzene rings is 1. The Bertz CT molecular complexity index is 1050. The van der Waals surface area contributed by atoms with E-state index in [0.717, 1.165) is 15.1 Å². The van der Waals surface area contributed by atoms with Crippen molar-refractivity contribution < 1.29 is 19.1 Å². The molecule has 0 spiro atoms. The predicted molar refractivity (Wildman–Crippen MR) is 107 cm³/mol. The van der Waals surface area contributed by atoms with E-state index in [1.165, 1.54) is 35.9 Å². The van der Waals surface area contributed by atoms with Gasteiger partial charge in [0.15, 0.2) is 4.80 Å². The Morgan fingerprint density at radius 3 is 2.81 bits per heavy atom. The van der Waals surface area contributed by atoms with Gasteiger partial charge in [0.2, 0.25) is 0 Å². The molecule has 0 unspecified atom stereocenters. The van der Waals surface area contributed by atoms with Gasteiger partial charge < -0.3 is 14.0 Å². The second kappa shape index (κ2) is 8.79. The van der Waals surface area contributed by atoms with Crippen LogP contribution in [-0.2, 0) is 20.9 Å². The summed E-state index contributed by atoms with van der Waals surface area (Å²) >= 11 is 2.86. The third kappa shape index (κ3) is 4.53. The number of para-hydroxylation sites is 1. The maximum absolute atomic E-state index is 12.3. The molecule has 0 aliphatic heterocycles. The van der Waals surface area contributed by atoms with Crippen molar-refractivity contribution in [3.05, 3.63) is 51.5 Å². The summed E-state index contributed by atoms with van der Waals surface area (Å²) in [4.78, 5) is 29.8. The third-order valence-electron chi connectivity index (χ3n) is 3.62. The average Bonchev–Trinajstić information content (AvgIpc) is 3.29. The summed E-state index contributed by atoms with van der Waals surface area (Å²) in [7, 11) is 1.33. The molecule has 1 amide bonds. The lowest BCUT2D eigenvalue weighted by molar-refractivity contribution is -0.141. The zero-order valence-electron chi connectivity index (χ0n) is 14.9. The largest absolute Gasteiger partial charge is 0.492 e. The quantitative estimate of drug-likeness (QED) is 0.468. The Hall–Kier alpha value is -2.71. The van der Waals surface area contributed by atoms with Crippen LogP contribution in [0, 0.1) is 0 Å². The highest BCUT2D eigenvalue weighted by Gasteiger charge is 2.15. The SMILES string of the molecule is CCOc1cccc2sc(=NC(=O)C=Cc3cccs3)n(CC(=O)OC)c12. The number of ether oxygens (including phenoxy) is 2. The van der Waals surface area contributed by atoms with Gasteiger partial charge in [0.05, 0.1) is 18.4 Å². The Kier molecular flexibility index (Phi) is 6.20. The number of amides is 1. The van der Waals surface area contributed by atoms with Crippen LogP contribution in [0.25, 0.3) is 16.3 Å². The molecular formula is C19H18N2O4S2. The van der Waals surface area contributed by atoms with Crippen molar-refractivity contribution in [2.75, 3.05) is 13.7 Å². The fourth-order valence-electron chi connectivity index (χ4n) is 2.47. The summed E-state index contributed by atoms with van der Waals surface area (Å²) in [5.41, 5.74) is 0.725. The first kappa shape index (κ1) is 19.1. The number of hydrogen-bond acceptors (Lipinski definition) is 6. The Morgan fingerprint density at radius 1 is 1.26 bits per heavy atom. The average molecular weight is 402 g/mol. The number of thiophene rings is 1. The standard InChI is InChI=1S/C19H18N2O4S2/c1-3-25-14-7-4-8-15-18(14)21(12-17(23)24-2)19(27-15)20-16(22)10-9-13-6-5-11-26-13/h4-11H,3,12H2,1-2H3. The number of carbonyl (C=O) groups is 2. The van der Waals surface area contributed by atoms with E-state index in [2.05, 4.69) is 4.99 Å². The third-order valence-corrected chi connectivity index (χ3v) is 5.50. The van der Waals surface area contributed by atoms with E-state index >= 15 is 0 Å². The van der Waals surface area contributed by atoms with Crippen molar-refractivity contribution in [2.24, 2.45) is 4.99 Å². The summed E-state index contributed by atoms with van der Waals surface area (Å²) in [6.45, 7) is 2.32. The lowest BCUT2D eigenvalue weighted by atomic mass is 10.3. The van der Waals surface area contributed by atoms with Gasteiger partial charge in [0.25, 0.3) is 5.91 Å². The fourth-order valence-corrected chi connectivity index (χ4v) is 4.14. The minimum atomic E-state index is -0.427. The summed E-state index contributed by atoms with van der Waals surface area (Å²) in [5.74, 6) is -0.186.